The summed E-state index contributed by atoms with van der Waals surface area (Å²) in [6.45, 7) is 13.1. The Kier molecular flexibility index (Phi) is 20.2. The number of allylic oxidation sites excluding steroid dienone is 11. The van der Waals surface area contributed by atoms with Crippen molar-refractivity contribution in [2.45, 2.75) is 157 Å². The molecule has 41 heavy (non-hydrogen) atoms. The molecule has 3 nitrogen and oxygen atoms in total. The molecule has 0 bridgehead atoms. The van der Waals surface area contributed by atoms with Crippen molar-refractivity contribution in [2.75, 3.05) is 0 Å². The Morgan fingerprint density at radius 1 is 0.902 bits per heavy atom. The summed E-state index contributed by atoms with van der Waals surface area (Å²) < 4.78 is 5.17. The van der Waals surface area contributed by atoms with Crippen LogP contribution < -0.4 is 0 Å². The molecule has 0 aromatic rings. The first-order chi connectivity index (χ1) is 19.7. The van der Waals surface area contributed by atoms with Crippen LogP contribution in [-0.2, 0) is 9.53 Å². The molecule has 1 N–H and O–H groups in total. The van der Waals surface area contributed by atoms with Gasteiger partial charge in [0.05, 0.1) is 0 Å². The van der Waals surface area contributed by atoms with Crippen LogP contribution in [0.5, 0.6) is 0 Å². The van der Waals surface area contributed by atoms with E-state index in [-0.39, 0.29) is 5.41 Å². The predicted molar refractivity (Wildman–Crippen MR) is 178 cm³/mol. The van der Waals surface area contributed by atoms with Gasteiger partial charge < -0.3 is 9.84 Å². The zero-order valence-corrected chi connectivity index (χ0v) is 27.5. The van der Waals surface area contributed by atoms with Crippen LogP contribution in [0.4, 0.5) is 0 Å². The van der Waals surface area contributed by atoms with Crippen LogP contribution in [0.2, 0.25) is 0 Å². The fourth-order valence-corrected chi connectivity index (χ4v) is 5.48. The van der Waals surface area contributed by atoms with E-state index in [2.05, 4.69) is 58.9 Å². The van der Waals surface area contributed by atoms with Crippen LogP contribution in [0.3, 0.4) is 0 Å². The van der Waals surface area contributed by atoms with Gasteiger partial charge in [-0.1, -0.05) is 126 Å². The summed E-state index contributed by atoms with van der Waals surface area (Å²) in [6.07, 6.45) is 35.7. The number of aliphatic hydroxyl groups excluding tert-OH is 1. The number of carbonyl (C=O) groups is 1. The molecule has 0 amide bonds. The van der Waals surface area contributed by atoms with Gasteiger partial charge in [-0.05, 0) is 88.7 Å². The Morgan fingerprint density at radius 2 is 1.51 bits per heavy atom. The number of unbranched alkanes of at least 4 members (excludes halogenated alkanes) is 11. The molecule has 0 saturated carbocycles. The van der Waals surface area contributed by atoms with Crippen LogP contribution in [0.25, 0.3) is 0 Å². The molecule has 0 heterocycles. The summed E-state index contributed by atoms with van der Waals surface area (Å²) in [5, 5.41) is 10.1. The van der Waals surface area contributed by atoms with Gasteiger partial charge in [0.25, 0.3) is 0 Å². The van der Waals surface area contributed by atoms with E-state index in [0.29, 0.717) is 6.42 Å². The summed E-state index contributed by atoms with van der Waals surface area (Å²) in [5.41, 5.74) is 5.15. The molecule has 1 aliphatic carbocycles. The molecule has 0 spiro atoms. The van der Waals surface area contributed by atoms with Crippen LogP contribution in [-0.4, -0.2) is 17.4 Å². The van der Waals surface area contributed by atoms with Crippen molar-refractivity contribution < 1.29 is 14.6 Å². The molecule has 0 aromatic heterocycles. The summed E-state index contributed by atoms with van der Waals surface area (Å²) in [7, 11) is 0. The van der Waals surface area contributed by atoms with Crippen LogP contribution in [0.1, 0.15) is 151 Å². The maximum Gasteiger partial charge on any atom is 0.333 e. The fourth-order valence-electron chi connectivity index (χ4n) is 5.48. The van der Waals surface area contributed by atoms with Gasteiger partial charge in [0.1, 0.15) is 0 Å². The smallest absolute Gasteiger partial charge is 0.333 e. The fraction of sp³-hybridized carbons (Fsp3) is 0.658. The number of carbonyl (C=O) groups excluding carboxylic acids is 1. The highest BCUT2D eigenvalue weighted by Gasteiger charge is 2.26. The van der Waals surface area contributed by atoms with Gasteiger partial charge in [-0.25, -0.2) is 4.79 Å². The quantitative estimate of drug-likeness (QED) is 0.0375. The second-order valence-electron chi connectivity index (χ2n) is 12.7. The van der Waals surface area contributed by atoms with E-state index in [1.807, 2.05) is 25.2 Å². The van der Waals surface area contributed by atoms with Gasteiger partial charge >= 0.3 is 5.97 Å². The molecule has 0 aromatic carbocycles. The molecule has 232 valence electrons. The lowest BCUT2D eigenvalue weighted by molar-refractivity contribution is -0.162. The Balaban J connectivity index is 2.19. The van der Waals surface area contributed by atoms with Crippen LogP contribution in [0.15, 0.2) is 70.9 Å². The summed E-state index contributed by atoms with van der Waals surface area (Å²) in [6, 6.07) is 0. The molecule has 0 radical (unpaired) electrons. The van der Waals surface area contributed by atoms with Crippen molar-refractivity contribution >= 4 is 5.97 Å². The average molecular weight is 567 g/mol. The molecule has 1 rings (SSSR count). The minimum Gasteiger partial charge on any atom is -0.433 e. The lowest BCUT2D eigenvalue weighted by Crippen LogP contribution is -2.19. The second-order valence-corrected chi connectivity index (χ2v) is 12.7. The number of esters is 1. The van der Waals surface area contributed by atoms with Crippen molar-refractivity contribution in [3.05, 3.63) is 70.9 Å². The Morgan fingerprint density at radius 3 is 2.15 bits per heavy atom. The van der Waals surface area contributed by atoms with E-state index in [9.17, 15) is 9.90 Å². The molecular formula is C38H62O3. The number of hydrogen-bond donors (Lipinski definition) is 1. The Hall–Kier alpha value is -2.13. The molecule has 0 fully saturated rings. The minimum absolute atomic E-state index is 0.239. The monoisotopic (exact) mass is 566 g/mol. The van der Waals surface area contributed by atoms with E-state index in [1.54, 1.807) is 0 Å². The van der Waals surface area contributed by atoms with Crippen molar-refractivity contribution in [2.24, 2.45) is 5.41 Å². The third-order valence-electron chi connectivity index (χ3n) is 8.08. The standard InChI is InChI=1S/C38H62O3/c1-7-8-9-10-11-12-13-14-15-16-17-18-19-20-21-27-36(39)41-37(40)31-33(3)25-22-24-32(2)28-29-35-34(4)26-23-30-38(35,5)6/h14-15,22,24-25,28-29,31,36,39H,7-13,16-21,23,26-27,30H2,1-6H3/b15-14-,25-22+,29-28+,32-24-,33-31-. The SMILES string of the molecule is CCCCCCCC/C=C\CCCCCCCC(O)OC(=O)\C=C(C)/C=C/C=C(C)\C=C\C1=C(C)CCCC1(C)C. The zero-order valence-electron chi connectivity index (χ0n) is 27.5. The van der Waals surface area contributed by atoms with Gasteiger partial charge in [-0.15, -0.1) is 0 Å². The molecule has 3 heteroatoms. The number of aliphatic hydroxyl groups is 1. The number of rotatable bonds is 21. The number of ether oxygens (including phenoxy) is 1. The van der Waals surface area contributed by atoms with E-state index < -0.39 is 12.3 Å². The first-order valence-corrected chi connectivity index (χ1v) is 16.6. The van der Waals surface area contributed by atoms with Gasteiger partial charge in [-0.3, -0.25) is 0 Å². The van der Waals surface area contributed by atoms with E-state index >= 15 is 0 Å². The second kappa shape index (κ2) is 22.5. The third kappa shape index (κ3) is 18.8. The molecule has 1 aliphatic rings. The number of hydrogen-bond acceptors (Lipinski definition) is 3. The highest BCUT2D eigenvalue weighted by molar-refractivity contribution is 5.83. The van der Waals surface area contributed by atoms with Gasteiger partial charge in [0.2, 0.25) is 6.29 Å². The van der Waals surface area contributed by atoms with Gasteiger partial charge in [-0.2, -0.15) is 0 Å². The minimum atomic E-state index is -1.03. The molecular weight excluding hydrogens is 504 g/mol. The topological polar surface area (TPSA) is 46.5 Å². The molecule has 1 atom stereocenters. The highest BCUT2D eigenvalue weighted by Crippen LogP contribution is 2.40. The highest BCUT2D eigenvalue weighted by atomic mass is 16.6. The molecule has 1 unspecified atom stereocenters. The maximum atomic E-state index is 12.2. The maximum absolute atomic E-state index is 12.2. The Bertz CT molecular complexity index is 910. The lowest BCUT2D eigenvalue weighted by Gasteiger charge is -2.32. The predicted octanol–water partition coefficient (Wildman–Crippen LogP) is 11.4. The van der Waals surface area contributed by atoms with Crippen molar-refractivity contribution in [3.63, 3.8) is 0 Å². The molecule has 0 aliphatic heterocycles. The summed E-state index contributed by atoms with van der Waals surface area (Å²) in [4.78, 5) is 12.2. The Labute approximate surface area is 253 Å². The first-order valence-electron chi connectivity index (χ1n) is 16.6. The van der Waals surface area contributed by atoms with E-state index in [0.717, 1.165) is 30.4 Å². The van der Waals surface area contributed by atoms with E-state index in [4.69, 9.17) is 4.74 Å². The van der Waals surface area contributed by atoms with Crippen molar-refractivity contribution in [1.82, 2.24) is 0 Å². The summed E-state index contributed by atoms with van der Waals surface area (Å²) in [5.74, 6) is -0.491. The summed E-state index contributed by atoms with van der Waals surface area (Å²) >= 11 is 0. The van der Waals surface area contributed by atoms with E-state index in [1.165, 1.54) is 101 Å². The molecule has 0 saturated heterocycles. The average Bonchev–Trinajstić information content (AvgIpc) is 2.90. The van der Waals surface area contributed by atoms with Gasteiger partial charge in [0.15, 0.2) is 0 Å². The van der Waals surface area contributed by atoms with Gasteiger partial charge in [0, 0.05) is 12.5 Å². The normalized spacial score (nSPS) is 17.3. The zero-order chi connectivity index (χ0) is 30.3. The van der Waals surface area contributed by atoms with Crippen LogP contribution in [0, 0.1) is 5.41 Å². The van der Waals surface area contributed by atoms with Crippen LogP contribution >= 0.6 is 0 Å². The van der Waals surface area contributed by atoms with Crippen molar-refractivity contribution in [1.29, 1.82) is 0 Å². The third-order valence-corrected chi connectivity index (χ3v) is 8.08. The lowest BCUT2D eigenvalue weighted by atomic mass is 9.72. The van der Waals surface area contributed by atoms with Crippen molar-refractivity contribution in [3.8, 4) is 0 Å². The first kappa shape index (κ1) is 36.9. The largest absolute Gasteiger partial charge is 0.433 e.